The predicted octanol–water partition coefficient (Wildman–Crippen LogP) is 6.62. The van der Waals surface area contributed by atoms with Gasteiger partial charge in [0.15, 0.2) is 0 Å². The highest BCUT2D eigenvalue weighted by Crippen LogP contribution is 2.42. The van der Waals surface area contributed by atoms with Gasteiger partial charge in [0.1, 0.15) is 18.4 Å². The summed E-state index contributed by atoms with van der Waals surface area (Å²) in [6, 6.07) is 20.0. The zero-order valence-electron chi connectivity index (χ0n) is 21.2. The van der Waals surface area contributed by atoms with Gasteiger partial charge in [0.25, 0.3) is 5.91 Å². The summed E-state index contributed by atoms with van der Waals surface area (Å²) in [5, 5.41) is 0. The van der Waals surface area contributed by atoms with E-state index in [1.807, 2.05) is 35.0 Å². The summed E-state index contributed by atoms with van der Waals surface area (Å²) in [6.07, 6.45) is -2.73. The molecule has 5 rings (SSSR count). The van der Waals surface area contributed by atoms with Crippen molar-refractivity contribution in [1.29, 1.82) is 0 Å². The summed E-state index contributed by atoms with van der Waals surface area (Å²) >= 11 is 0. The number of rotatable bonds is 5. The van der Waals surface area contributed by atoms with Crippen LogP contribution in [0.15, 0.2) is 91.1 Å². The molecule has 1 unspecified atom stereocenters. The number of amides is 2. The van der Waals surface area contributed by atoms with Gasteiger partial charge >= 0.3 is 6.18 Å². The zero-order valence-corrected chi connectivity index (χ0v) is 21.2. The number of nitrogens with zero attached hydrogens (tertiary/aromatic N) is 3. The Morgan fingerprint density at radius 2 is 1.59 bits per heavy atom. The van der Waals surface area contributed by atoms with E-state index in [1.54, 1.807) is 43.0 Å². The molecule has 1 aliphatic rings. The van der Waals surface area contributed by atoms with E-state index in [-0.39, 0.29) is 12.1 Å². The summed E-state index contributed by atoms with van der Waals surface area (Å²) in [5.41, 5.74) is 1.69. The fourth-order valence-electron chi connectivity index (χ4n) is 4.93. The van der Waals surface area contributed by atoms with E-state index in [0.717, 1.165) is 23.5 Å². The average Bonchev–Trinajstić information content (AvgIpc) is 3.40. The van der Waals surface area contributed by atoms with E-state index >= 15 is 0 Å². The van der Waals surface area contributed by atoms with Gasteiger partial charge < -0.3 is 9.47 Å². The van der Waals surface area contributed by atoms with Gasteiger partial charge in [-0.25, -0.2) is 4.39 Å². The van der Waals surface area contributed by atoms with Crippen molar-refractivity contribution in [2.75, 3.05) is 11.4 Å². The number of fused-ring (bicyclic) bond motifs is 3. The van der Waals surface area contributed by atoms with Crippen molar-refractivity contribution in [3.63, 3.8) is 0 Å². The van der Waals surface area contributed by atoms with Crippen LogP contribution in [0.25, 0.3) is 5.69 Å². The lowest BCUT2D eigenvalue weighted by Gasteiger charge is -2.40. The second-order valence-electron chi connectivity index (χ2n) is 9.61. The van der Waals surface area contributed by atoms with E-state index in [1.165, 1.54) is 29.2 Å². The van der Waals surface area contributed by atoms with E-state index in [9.17, 15) is 27.2 Å². The zero-order chi connectivity index (χ0) is 27.9. The van der Waals surface area contributed by atoms with Gasteiger partial charge in [-0.3, -0.25) is 14.5 Å². The molecule has 1 aromatic heterocycles. The number of halogens is 4. The Kier molecular flexibility index (Phi) is 6.76. The quantitative estimate of drug-likeness (QED) is 0.270. The van der Waals surface area contributed by atoms with Crippen molar-refractivity contribution in [3.05, 3.63) is 119 Å². The summed E-state index contributed by atoms with van der Waals surface area (Å²) in [5.74, 6) is -1.53. The number of para-hydroxylation sites is 2. The maximum absolute atomic E-state index is 14.1. The summed E-state index contributed by atoms with van der Waals surface area (Å²) in [7, 11) is 0. The molecule has 39 heavy (non-hydrogen) atoms. The molecular formula is C30H25F4N3O2. The lowest BCUT2D eigenvalue weighted by molar-refractivity contribution is -0.137. The molecule has 0 saturated carbocycles. The lowest BCUT2D eigenvalue weighted by Crippen LogP contribution is -2.48. The van der Waals surface area contributed by atoms with Crippen LogP contribution in [0.1, 0.15) is 47.1 Å². The van der Waals surface area contributed by atoms with Gasteiger partial charge in [-0.1, -0.05) is 30.3 Å². The lowest BCUT2D eigenvalue weighted by atomic mass is 9.97. The number of hydrogen-bond acceptors (Lipinski definition) is 2. The number of benzene rings is 3. The molecule has 2 amide bonds. The van der Waals surface area contributed by atoms with Crippen LogP contribution in [0.4, 0.5) is 23.2 Å². The van der Waals surface area contributed by atoms with Crippen LogP contribution in [0.5, 0.6) is 0 Å². The Bertz CT molecular complexity index is 1530. The van der Waals surface area contributed by atoms with Crippen molar-refractivity contribution in [2.24, 2.45) is 0 Å². The van der Waals surface area contributed by atoms with Gasteiger partial charge in [-0.05, 0) is 74.0 Å². The molecule has 0 spiro atoms. The molecule has 0 N–H and O–H groups in total. The van der Waals surface area contributed by atoms with E-state index in [0.29, 0.717) is 11.3 Å². The first-order chi connectivity index (χ1) is 18.6. The second kappa shape index (κ2) is 10.1. The van der Waals surface area contributed by atoms with E-state index < -0.39 is 41.5 Å². The Hall–Kier alpha value is -4.40. The molecule has 9 heteroatoms. The first-order valence-corrected chi connectivity index (χ1v) is 12.4. The molecule has 0 bridgehead atoms. The molecule has 4 aromatic rings. The highest BCUT2D eigenvalue weighted by Gasteiger charge is 2.38. The Balaban J connectivity index is 1.55. The van der Waals surface area contributed by atoms with Crippen LogP contribution in [-0.2, 0) is 11.0 Å². The molecule has 0 saturated heterocycles. The summed E-state index contributed by atoms with van der Waals surface area (Å²) < 4.78 is 55.6. The largest absolute Gasteiger partial charge is 0.416 e. The number of aromatic nitrogens is 1. The monoisotopic (exact) mass is 535 g/mol. The highest BCUT2D eigenvalue weighted by molar-refractivity contribution is 6.02. The molecule has 0 fully saturated rings. The molecule has 200 valence electrons. The van der Waals surface area contributed by atoms with Gasteiger partial charge in [-0.15, -0.1) is 0 Å². The van der Waals surface area contributed by atoms with Crippen LogP contribution in [0, 0.1) is 5.82 Å². The summed E-state index contributed by atoms with van der Waals surface area (Å²) in [4.78, 5) is 30.3. The number of carbonyl (C=O) groups excluding carboxylic acids is 2. The van der Waals surface area contributed by atoms with Gasteiger partial charge in [0, 0.05) is 17.8 Å². The molecule has 2 heterocycles. The third-order valence-corrected chi connectivity index (χ3v) is 6.80. The first-order valence-electron chi connectivity index (χ1n) is 12.4. The third-order valence-electron chi connectivity index (χ3n) is 6.80. The standard InChI is InChI=1S/C30H25F4N3O2/c1-19(2)36(29(39)21-7-5-8-22(17-21)30(32,33)34)18-27(38)37-25-10-4-3-9-24(25)35-16-6-11-26(35)28(37)20-12-14-23(31)15-13-20/h3-17,19,28H,18H2,1-2H3. The van der Waals surface area contributed by atoms with Crippen molar-refractivity contribution >= 4 is 17.5 Å². The van der Waals surface area contributed by atoms with Crippen molar-refractivity contribution < 1.29 is 27.2 Å². The fraction of sp³-hybridized carbons (Fsp3) is 0.200. The predicted molar refractivity (Wildman–Crippen MR) is 139 cm³/mol. The molecular weight excluding hydrogens is 510 g/mol. The van der Waals surface area contributed by atoms with Crippen LogP contribution in [0.3, 0.4) is 0 Å². The van der Waals surface area contributed by atoms with Crippen molar-refractivity contribution in [1.82, 2.24) is 9.47 Å². The van der Waals surface area contributed by atoms with Crippen LogP contribution in [0.2, 0.25) is 0 Å². The van der Waals surface area contributed by atoms with Crippen LogP contribution >= 0.6 is 0 Å². The van der Waals surface area contributed by atoms with Gasteiger partial charge in [-0.2, -0.15) is 13.2 Å². The maximum atomic E-state index is 14.1. The Morgan fingerprint density at radius 1 is 0.897 bits per heavy atom. The SMILES string of the molecule is CC(C)N(CC(=O)N1c2ccccc2-n2cccc2C1c1ccc(F)cc1)C(=O)c1cccc(C(F)(F)F)c1. The minimum absolute atomic E-state index is 0.158. The molecule has 5 nitrogen and oxygen atoms in total. The van der Waals surface area contributed by atoms with E-state index in [4.69, 9.17) is 0 Å². The molecule has 0 aliphatic carbocycles. The smallest absolute Gasteiger partial charge is 0.327 e. The van der Waals surface area contributed by atoms with Gasteiger partial charge in [0.2, 0.25) is 5.91 Å². The highest BCUT2D eigenvalue weighted by atomic mass is 19.4. The van der Waals surface area contributed by atoms with Gasteiger partial charge in [0.05, 0.1) is 22.6 Å². The first kappa shape index (κ1) is 26.2. The number of anilines is 1. The molecule has 1 atom stereocenters. The minimum atomic E-state index is -4.61. The number of carbonyl (C=O) groups is 2. The molecule has 1 aliphatic heterocycles. The topological polar surface area (TPSA) is 45.6 Å². The van der Waals surface area contributed by atoms with E-state index in [2.05, 4.69) is 0 Å². The molecule has 0 radical (unpaired) electrons. The maximum Gasteiger partial charge on any atom is 0.416 e. The average molecular weight is 536 g/mol. The third kappa shape index (κ3) is 4.92. The minimum Gasteiger partial charge on any atom is -0.327 e. The van der Waals surface area contributed by atoms with Crippen LogP contribution in [-0.4, -0.2) is 33.9 Å². The number of hydrogen-bond donors (Lipinski definition) is 0. The van der Waals surface area contributed by atoms with Crippen molar-refractivity contribution in [3.8, 4) is 5.69 Å². The normalized spacial score (nSPS) is 14.6. The van der Waals surface area contributed by atoms with Crippen LogP contribution < -0.4 is 4.90 Å². The fourth-order valence-corrected chi connectivity index (χ4v) is 4.93. The summed E-state index contributed by atoms with van der Waals surface area (Å²) in [6.45, 7) is 3.02. The Morgan fingerprint density at radius 3 is 2.26 bits per heavy atom. The Labute approximate surface area is 222 Å². The molecule has 3 aromatic carbocycles. The van der Waals surface area contributed by atoms with Crippen molar-refractivity contribution in [2.45, 2.75) is 32.1 Å². The second-order valence-corrected chi connectivity index (χ2v) is 9.61. The number of alkyl halides is 3.